The second-order valence-corrected chi connectivity index (χ2v) is 7.38. The van der Waals surface area contributed by atoms with E-state index in [4.69, 9.17) is 18.9 Å². The van der Waals surface area contributed by atoms with Gasteiger partial charge in [-0.25, -0.2) is 0 Å². The van der Waals surface area contributed by atoms with Crippen molar-refractivity contribution in [2.24, 2.45) is 5.92 Å². The number of hydrogen-bond acceptors (Lipinski definition) is 5. The maximum atomic E-state index is 13.7. The van der Waals surface area contributed by atoms with Crippen molar-refractivity contribution in [1.82, 2.24) is 4.90 Å². The molecule has 0 saturated heterocycles. The van der Waals surface area contributed by atoms with Gasteiger partial charge in [-0.1, -0.05) is 19.9 Å². The Morgan fingerprint density at radius 1 is 0.931 bits per heavy atom. The molecule has 1 aliphatic heterocycles. The highest BCUT2D eigenvalue weighted by Crippen LogP contribution is 2.42. The number of carbonyl (C=O) groups is 1. The molecule has 2 aromatic rings. The number of hydrogen-bond donors (Lipinski definition) is 0. The average molecular weight is 399 g/mol. The Bertz CT molecular complexity index is 871. The predicted octanol–water partition coefficient (Wildman–Crippen LogP) is 4.12. The van der Waals surface area contributed by atoms with Crippen LogP contribution in [0.3, 0.4) is 0 Å². The van der Waals surface area contributed by atoms with Gasteiger partial charge in [0, 0.05) is 6.54 Å². The third-order valence-electron chi connectivity index (χ3n) is 5.46. The van der Waals surface area contributed by atoms with Crippen molar-refractivity contribution in [3.8, 4) is 23.0 Å². The molecular formula is C23H29NO5. The molecule has 3 rings (SSSR count). The molecule has 1 heterocycles. The van der Waals surface area contributed by atoms with Gasteiger partial charge < -0.3 is 23.8 Å². The normalized spacial score (nSPS) is 15.7. The number of fused-ring (bicyclic) bond motifs is 1. The molecule has 1 aliphatic rings. The molecule has 2 aromatic carbocycles. The van der Waals surface area contributed by atoms with Gasteiger partial charge in [0.25, 0.3) is 5.91 Å². The molecule has 0 N–H and O–H groups in total. The van der Waals surface area contributed by atoms with Crippen molar-refractivity contribution in [3.63, 3.8) is 0 Å². The number of rotatable bonds is 6. The lowest BCUT2D eigenvalue weighted by Crippen LogP contribution is -2.42. The fourth-order valence-electron chi connectivity index (χ4n) is 4.13. The maximum absolute atomic E-state index is 13.7. The summed E-state index contributed by atoms with van der Waals surface area (Å²) in [5, 5.41) is 0. The Labute approximate surface area is 172 Å². The van der Waals surface area contributed by atoms with Crippen LogP contribution in [-0.2, 0) is 6.42 Å². The monoisotopic (exact) mass is 399 g/mol. The standard InChI is InChI=1S/C23H29NO5/c1-14(2)22-16-13-20(29-6)19(28-5)12-15(16)10-11-24(22)23(25)21-17(26-3)8-7-9-18(21)27-4/h7-9,12-14,22H,10-11H2,1-6H3. The Hall–Kier alpha value is -2.89. The SMILES string of the molecule is COc1cc2c(cc1OC)C(C(C)C)N(C(=O)c1c(OC)cccc1OC)CC2. The van der Waals surface area contributed by atoms with E-state index >= 15 is 0 Å². The molecule has 0 fully saturated rings. The summed E-state index contributed by atoms with van der Waals surface area (Å²) in [5.41, 5.74) is 2.72. The Kier molecular flexibility index (Phi) is 6.20. The van der Waals surface area contributed by atoms with Crippen molar-refractivity contribution in [2.45, 2.75) is 26.3 Å². The Morgan fingerprint density at radius 3 is 2.00 bits per heavy atom. The second kappa shape index (κ2) is 8.64. The lowest BCUT2D eigenvalue weighted by Gasteiger charge is -2.40. The van der Waals surface area contributed by atoms with Crippen LogP contribution in [-0.4, -0.2) is 45.8 Å². The molecule has 0 aliphatic carbocycles. The van der Waals surface area contributed by atoms with Gasteiger partial charge in [0.15, 0.2) is 11.5 Å². The van der Waals surface area contributed by atoms with E-state index in [1.165, 1.54) is 5.56 Å². The average Bonchev–Trinajstić information content (AvgIpc) is 2.75. The lowest BCUT2D eigenvalue weighted by atomic mass is 9.85. The van der Waals surface area contributed by atoms with Crippen molar-refractivity contribution in [1.29, 1.82) is 0 Å². The van der Waals surface area contributed by atoms with Gasteiger partial charge in [0.2, 0.25) is 0 Å². The number of nitrogens with zero attached hydrogens (tertiary/aromatic N) is 1. The quantitative estimate of drug-likeness (QED) is 0.731. The highest BCUT2D eigenvalue weighted by Gasteiger charge is 2.36. The third-order valence-corrected chi connectivity index (χ3v) is 5.46. The molecule has 0 spiro atoms. The molecule has 29 heavy (non-hydrogen) atoms. The van der Waals surface area contributed by atoms with Gasteiger partial charge in [0.1, 0.15) is 17.1 Å². The zero-order valence-electron chi connectivity index (χ0n) is 17.9. The number of ether oxygens (including phenoxy) is 4. The Balaban J connectivity index is 2.10. The van der Waals surface area contributed by atoms with Crippen LogP contribution in [0.25, 0.3) is 0 Å². The van der Waals surface area contributed by atoms with Crippen LogP contribution < -0.4 is 18.9 Å². The van der Waals surface area contributed by atoms with Crippen molar-refractivity contribution < 1.29 is 23.7 Å². The highest BCUT2D eigenvalue weighted by atomic mass is 16.5. The van der Waals surface area contributed by atoms with Crippen LogP contribution in [0.15, 0.2) is 30.3 Å². The molecule has 1 unspecified atom stereocenters. The summed E-state index contributed by atoms with van der Waals surface area (Å²) in [4.78, 5) is 15.6. The summed E-state index contributed by atoms with van der Waals surface area (Å²) in [6, 6.07) is 9.31. The van der Waals surface area contributed by atoms with E-state index in [-0.39, 0.29) is 17.9 Å². The summed E-state index contributed by atoms with van der Waals surface area (Å²) < 4.78 is 21.9. The van der Waals surface area contributed by atoms with Crippen LogP contribution in [0, 0.1) is 5.92 Å². The topological polar surface area (TPSA) is 57.2 Å². The van der Waals surface area contributed by atoms with Gasteiger partial charge in [-0.2, -0.15) is 0 Å². The zero-order valence-corrected chi connectivity index (χ0v) is 17.9. The summed E-state index contributed by atoms with van der Waals surface area (Å²) in [6.45, 7) is 4.85. The molecule has 1 atom stereocenters. The summed E-state index contributed by atoms with van der Waals surface area (Å²) in [5.74, 6) is 2.50. The van der Waals surface area contributed by atoms with Gasteiger partial charge in [-0.3, -0.25) is 4.79 Å². The summed E-state index contributed by atoms with van der Waals surface area (Å²) in [6.07, 6.45) is 0.738. The predicted molar refractivity (Wildman–Crippen MR) is 111 cm³/mol. The fourth-order valence-corrected chi connectivity index (χ4v) is 4.13. The molecule has 0 saturated carbocycles. The largest absolute Gasteiger partial charge is 0.496 e. The van der Waals surface area contributed by atoms with Crippen LogP contribution in [0.1, 0.15) is 41.4 Å². The van der Waals surface area contributed by atoms with Crippen molar-refractivity contribution >= 4 is 5.91 Å². The van der Waals surface area contributed by atoms with Gasteiger partial charge in [0.05, 0.1) is 34.5 Å². The number of methoxy groups -OCH3 is 4. The zero-order chi connectivity index (χ0) is 21.1. The van der Waals surface area contributed by atoms with Gasteiger partial charge in [-0.05, 0) is 47.7 Å². The van der Waals surface area contributed by atoms with E-state index in [2.05, 4.69) is 13.8 Å². The number of amides is 1. The minimum Gasteiger partial charge on any atom is -0.496 e. The first-order valence-corrected chi connectivity index (χ1v) is 9.73. The van der Waals surface area contributed by atoms with Crippen molar-refractivity contribution in [2.75, 3.05) is 35.0 Å². The first-order valence-electron chi connectivity index (χ1n) is 9.73. The Morgan fingerprint density at radius 2 is 1.48 bits per heavy atom. The highest BCUT2D eigenvalue weighted by molar-refractivity contribution is 6.00. The second-order valence-electron chi connectivity index (χ2n) is 7.38. The molecule has 6 heteroatoms. The minimum absolute atomic E-state index is 0.0966. The molecule has 0 radical (unpaired) electrons. The summed E-state index contributed by atoms with van der Waals surface area (Å²) >= 11 is 0. The van der Waals surface area contributed by atoms with Gasteiger partial charge in [-0.15, -0.1) is 0 Å². The smallest absolute Gasteiger partial charge is 0.261 e. The lowest BCUT2D eigenvalue weighted by molar-refractivity contribution is 0.0596. The molecule has 1 amide bonds. The van der Waals surface area contributed by atoms with E-state index in [9.17, 15) is 4.79 Å². The number of carbonyl (C=O) groups excluding carboxylic acids is 1. The summed E-state index contributed by atoms with van der Waals surface area (Å²) in [7, 11) is 6.39. The molecule has 6 nitrogen and oxygen atoms in total. The van der Waals surface area contributed by atoms with Crippen LogP contribution in [0.5, 0.6) is 23.0 Å². The van der Waals surface area contributed by atoms with Crippen LogP contribution in [0.4, 0.5) is 0 Å². The number of benzene rings is 2. The molecule has 0 aromatic heterocycles. The van der Waals surface area contributed by atoms with E-state index in [1.54, 1.807) is 40.6 Å². The third kappa shape index (κ3) is 3.71. The van der Waals surface area contributed by atoms with Crippen LogP contribution in [0.2, 0.25) is 0 Å². The maximum Gasteiger partial charge on any atom is 0.261 e. The molecule has 0 bridgehead atoms. The van der Waals surface area contributed by atoms with Gasteiger partial charge >= 0.3 is 0 Å². The first kappa shape index (κ1) is 20.8. The van der Waals surface area contributed by atoms with Crippen LogP contribution >= 0.6 is 0 Å². The fraction of sp³-hybridized carbons (Fsp3) is 0.435. The van der Waals surface area contributed by atoms with E-state index in [0.29, 0.717) is 35.1 Å². The molecular weight excluding hydrogens is 370 g/mol. The first-order chi connectivity index (χ1) is 14.0. The van der Waals surface area contributed by atoms with E-state index < -0.39 is 0 Å². The minimum atomic E-state index is -0.0987. The molecule has 156 valence electrons. The van der Waals surface area contributed by atoms with E-state index in [1.807, 2.05) is 23.1 Å². The van der Waals surface area contributed by atoms with Crippen molar-refractivity contribution in [3.05, 3.63) is 47.0 Å². The van der Waals surface area contributed by atoms with E-state index in [0.717, 1.165) is 12.0 Å².